The van der Waals surface area contributed by atoms with E-state index in [0.29, 0.717) is 29.8 Å². The molecule has 1 fully saturated rings. The second-order valence-electron chi connectivity index (χ2n) is 7.16. The van der Waals surface area contributed by atoms with Crippen molar-refractivity contribution in [2.75, 3.05) is 26.0 Å². The average molecular weight is 366 g/mol. The molecule has 4 rings (SSSR count). The van der Waals surface area contributed by atoms with Crippen molar-refractivity contribution in [2.45, 2.75) is 18.1 Å². The zero-order valence-electron chi connectivity index (χ0n) is 15.3. The smallest absolute Gasteiger partial charge is 0.317 e. The van der Waals surface area contributed by atoms with Crippen LogP contribution in [0.4, 0.5) is 5.69 Å². The van der Waals surface area contributed by atoms with Crippen LogP contribution in [0.1, 0.15) is 23.7 Å². The fourth-order valence-electron chi connectivity index (χ4n) is 4.90. The summed E-state index contributed by atoms with van der Waals surface area (Å²) >= 11 is 0. The molecule has 0 radical (unpaired) electrons. The standard InChI is InChI=1S/C21H22N2O4/c1-23-13-12-20(19(26)27-2,17(24)14-8-4-3-5-9-14)21(23)15-10-6-7-11-16(15)22-18(21)25/h3-11,17,24H,12-13H2,1-2H3,(H,22,25). The second-order valence-corrected chi connectivity index (χ2v) is 7.16. The molecule has 1 spiro atoms. The normalized spacial score (nSPS) is 28.0. The molecular weight excluding hydrogens is 344 g/mol. The van der Waals surface area contributed by atoms with E-state index in [2.05, 4.69) is 5.32 Å². The number of rotatable bonds is 3. The summed E-state index contributed by atoms with van der Waals surface area (Å²) in [5.74, 6) is -0.904. The third-order valence-electron chi connectivity index (χ3n) is 6.09. The van der Waals surface area contributed by atoms with Crippen molar-refractivity contribution in [3.63, 3.8) is 0 Å². The maximum atomic E-state index is 13.4. The minimum Gasteiger partial charge on any atom is -0.468 e. The van der Waals surface area contributed by atoms with Gasteiger partial charge in [-0.25, -0.2) is 0 Å². The minimum absolute atomic E-state index is 0.300. The molecule has 2 N–H and O–H groups in total. The highest BCUT2D eigenvalue weighted by Gasteiger charge is 2.73. The lowest BCUT2D eigenvalue weighted by molar-refractivity contribution is -0.175. The number of ether oxygens (including phenoxy) is 1. The van der Waals surface area contributed by atoms with E-state index in [1.807, 2.05) is 42.3 Å². The van der Waals surface area contributed by atoms with Gasteiger partial charge in [-0.15, -0.1) is 0 Å². The molecule has 0 saturated carbocycles. The topological polar surface area (TPSA) is 78.9 Å². The number of likely N-dealkylation sites (N-methyl/N-ethyl adjacent to an activating group) is 1. The first kappa shape index (κ1) is 17.7. The van der Waals surface area contributed by atoms with E-state index < -0.39 is 23.0 Å². The number of para-hydroxylation sites is 1. The predicted molar refractivity (Wildman–Crippen MR) is 99.8 cm³/mol. The van der Waals surface area contributed by atoms with Gasteiger partial charge in [0.1, 0.15) is 11.0 Å². The number of nitrogens with zero attached hydrogens (tertiary/aromatic N) is 1. The van der Waals surface area contributed by atoms with Crippen LogP contribution in [0.5, 0.6) is 0 Å². The van der Waals surface area contributed by atoms with Gasteiger partial charge >= 0.3 is 5.97 Å². The van der Waals surface area contributed by atoms with Crippen LogP contribution < -0.4 is 5.32 Å². The summed E-state index contributed by atoms with van der Waals surface area (Å²) in [6, 6.07) is 16.3. The number of likely N-dealkylation sites (tertiary alicyclic amines) is 1. The molecule has 6 heteroatoms. The van der Waals surface area contributed by atoms with Crippen LogP contribution >= 0.6 is 0 Å². The Hall–Kier alpha value is -2.70. The molecule has 1 saturated heterocycles. The molecule has 0 bridgehead atoms. The Morgan fingerprint density at radius 2 is 1.85 bits per heavy atom. The largest absolute Gasteiger partial charge is 0.468 e. The van der Waals surface area contributed by atoms with Gasteiger partial charge in [0, 0.05) is 17.8 Å². The van der Waals surface area contributed by atoms with Gasteiger partial charge in [0.25, 0.3) is 5.91 Å². The fourth-order valence-corrected chi connectivity index (χ4v) is 4.90. The number of anilines is 1. The third-order valence-corrected chi connectivity index (χ3v) is 6.09. The van der Waals surface area contributed by atoms with Gasteiger partial charge < -0.3 is 15.2 Å². The number of esters is 1. The highest BCUT2D eigenvalue weighted by molar-refractivity contribution is 6.10. The molecule has 0 aliphatic carbocycles. The van der Waals surface area contributed by atoms with Crippen LogP contribution in [0.2, 0.25) is 0 Å². The molecule has 140 valence electrons. The van der Waals surface area contributed by atoms with Crippen LogP contribution in [0.3, 0.4) is 0 Å². The van der Waals surface area contributed by atoms with Crippen molar-refractivity contribution in [3.8, 4) is 0 Å². The van der Waals surface area contributed by atoms with Crippen LogP contribution in [-0.4, -0.2) is 42.6 Å². The van der Waals surface area contributed by atoms with Crippen molar-refractivity contribution in [1.29, 1.82) is 0 Å². The Morgan fingerprint density at radius 3 is 2.56 bits per heavy atom. The first-order valence-corrected chi connectivity index (χ1v) is 8.93. The summed E-state index contributed by atoms with van der Waals surface area (Å²) in [5, 5.41) is 14.4. The van der Waals surface area contributed by atoms with Crippen LogP contribution in [0, 0.1) is 5.41 Å². The van der Waals surface area contributed by atoms with Gasteiger partial charge in [-0.1, -0.05) is 48.5 Å². The molecule has 2 heterocycles. The number of aliphatic hydroxyl groups excluding tert-OH is 1. The Labute approximate surface area is 157 Å². The highest BCUT2D eigenvalue weighted by Crippen LogP contribution is 2.62. The Kier molecular flexibility index (Phi) is 4.05. The number of carbonyl (C=O) groups is 2. The van der Waals surface area contributed by atoms with Crippen LogP contribution in [0.15, 0.2) is 54.6 Å². The number of nitrogens with one attached hydrogen (secondary N) is 1. The Bertz CT molecular complexity index is 900. The molecule has 3 atom stereocenters. The first-order valence-electron chi connectivity index (χ1n) is 8.93. The molecule has 2 aromatic carbocycles. The highest BCUT2D eigenvalue weighted by atomic mass is 16.5. The monoisotopic (exact) mass is 366 g/mol. The fraction of sp³-hybridized carbons (Fsp3) is 0.333. The summed E-state index contributed by atoms with van der Waals surface area (Å²) in [5.41, 5.74) is -0.879. The van der Waals surface area contributed by atoms with Crippen LogP contribution in [-0.2, 0) is 19.9 Å². The molecule has 3 unspecified atom stereocenters. The number of benzene rings is 2. The van der Waals surface area contributed by atoms with E-state index in [9.17, 15) is 14.7 Å². The van der Waals surface area contributed by atoms with E-state index in [-0.39, 0.29) is 5.91 Å². The van der Waals surface area contributed by atoms with Gasteiger partial charge in [0.05, 0.1) is 13.2 Å². The SMILES string of the molecule is COC(=O)C1(C(O)c2ccccc2)CCN(C)C12C(=O)Nc1ccccc12. The van der Waals surface area contributed by atoms with Gasteiger partial charge in [-0.2, -0.15) is 0 Å². The van der Waals surface area contributed by atoms with Crippen molar-refractivity contribution in [2.24, 2.45) is 5.41 Å². The number of fused-ring (bicyclic) bond motifs is 2. The van der Waals surface area contributed by atoms with Gasteiger partial charge in [0.15, 0.2) is 0 Å². The van der Waals surface area contributed by atoms with Gasteiger partial charge in [0.2, 0.25) is 0 Å². The molecular formula is C21H22N2O4. The maximum Gasteiger partial charge on any atom is 0.317 e. The van der Waals surface area contributed by atoms with Gasteiger partial charge in [-0.05, 0) is 25.1 Å². The molecule has 2 aliphatic rings. The molecule has 0 aromatic heterocycles. The Morgan fingerprint density at radius 1 is 1.19 bits per heavy atom. The Balaban J connectivity index is 2.02. The number of hydrogen-bond acceptors (Lipinski definition) is 5. The molecule has 1 amide bonds. The summed E-state index contributed by atoms with van der Waals surface area (Å²) in [6.45, 7) is 0.473. The number of carbonyl (C=O) groups excluding carboxylic acids is 2. The number of methoxy groups -OCH3 is 1. The number of amides is 1. The maximum absolute atomic E-state index is 13.4. The molecule has 2 aliphatic heterocycles. The van der Waals surface area contributed by atoms with Crippen molar-refractivity contribution in [1.82, 2.24) is 4.90 Å². The van der Waals surface area contributed by atoms with E-state index in [4.69, 9.17) is 4.74 Å². The summed E-state index contributed by atoms with van der Waals surface area (Å²) in [6.07, 6.45) is -0.901. The quantitative estimate of drug-likeness (QED) is 0.813. The summed E-state index contributed by atoms with van der Waals surface area (Å²) in [7, 11) is 3.11. The van der Waals surface area contributed by atoms with Crippen molar-refractivity contribution < 1.29 is 19.4 Å². The van der Waals surface area contributed by atoms with Gasteiger partial charge in [-0.3, -0.25) is 14.5 Å². The van der Waals surface area contributed by atoms with E-state index in [1.54, 1.807) is 24.3 Å². The average Bonchev–Trinajstić information content (AvgIpc) is 3.18. The first-order chi connectivity index (χ1) is 13.0. The molecule has 27 heavy (non-hydrogen) atoms. The van der Waals surface area contributed by atoms with E-state index in [1.165, 1.54) is 7.11 Å². The van der Waals surface area contributed by atoms with E-state index >= 15 is 0 Å². The molecule has 6 nitrogen and oxygen atoms in total. The predicted octanol–water partition coefficient (Wildman–Crippen LogP) is 2.06. The van der Waals surface area contributed by atoms with Crippen molar-refractivity contribution >= 4 is 17.6 Å². The lowest BCUT2D eigenvalue weighted by atomic mass is 9.62. The second kappa shape index (κ2) is 6.18. The number of hydrogen-bond donors (Lipinski definition) is 2. The summed E-state index contributed by atoms with van der Waals surface area (Å²) in [4.78, 5) is 28.4. The number of aliphatic hydroxyl groups is 1. The minimum atomic E-state index is -1.46. The van der Waals surface area contributed by atoms with Crippen LogP contribution in [0.25, 0.3) is 0 Å². The zero-order chi connectivity index (χ0) is 19.2. The van der Waals surface area contributed by atoms with Crippen molar-refractivity contribution in [3.05, 3.63) is 65.7 Å². The third kappa shape index (κ3) is 2.08. The van der Waals surface area contributed by atoms with E-state index in [0.717, 1.165) is 0 Å². The molecule has 2 aromatic rings. The zero-order valence-corrected chi connectivity index (χ0v) is 15.3. The summed E-state index contributed by atoms with van der Waals surface area (Å²) < 4.78 is 5.17. The lowest BCUT2D eigenvalue weighted by Crippen LogP contribution is -2.60. The lowest BCUT2D eigenvalue weighted by Gasteiger charge is -2.45.